The van der Waals surface area contributed by atoms with E-state index in [-0.39, 0.29) is 11.1 Å². The van der Waals surface area contributed by atoms with Gasteiger partial charge in [-0.1, -0.05) is 64.7 Å². The van der Waals surface area contributed by atoms with Crippen LogP contribution in [0, 0.1) is 22.7 Å². The molecule has 1 rings (SSSR count). The van der Waals surface area contributed by atoms with Crippen LogP contribution in [-0.2, 0) is 14.2 Å². The molecule has 0 N–H and O–H groups in total. The van der Waals surface area contributed by atoms with Crippen LogP contribution in [0.4, 0.5) is 0 Å². The minimum Gasteiger partial charge on any atom is -0.490 e. The van der Waals surface area contributed by atoms with Gasteiger partial charge < -0.3 is 23.7 Å². The lowest BCUT2D eigenvalue weighted by Crippen LogP contribution is -2.13. The molecule has 0 radical (unpaired) electrons. The van der Waals surface area contributed by atoms with Gasteiger partial charge in [-0.05, 0) is 6.42 Å². The highest BCUT2D eigenvalue weighted by Crippen LogP contribution is 2.31. The van der Waals surface area contributed by atoms with Gasteiger partial charge in [-0.3, -0.25) is 0 Å². The van der Waals surface area contributed by atoms with Crippen LogP contribution < -0.4 is 9.47 Å². The molecule has 0 amide bonds. The van der Waals surface area contributed by atoms with Crippen LogP contribution in [0.15, 0.2) is 12.1 Å². The van der Waals surface area contributed by atoms with Crippen molar-refractivity contribution in [1.29, 1.82) is 10.5 Å². The Kier molecular flexibility index (Phi) is 18.6. The molecule has 0 aliphatic carbocycles. The molecule has 0 saturated heterocycles. The van der Waals surface area contributed by atoms with Gasteiger partial charge in [-0.25, -0.2) is 0 Å². The first kappa shape index (κ1) is 29.7. The van der Waals surface area contributed by atoms with Gasteiger partial charge in [0.05, 0.1) is 50.8 Å². The third-order valence-electron chi connectivity index (χ3n) is 5.37. The molecule has 1 aromatic carbocycles. The zero-order chi connectivity index (χ0) is 24.7. The standard InChI is InChI=1S/C27H42N2O5/c1-3-4-5-6-7-8-9-10-11-12-13-33-26-20-24(22-28)25(23-29)21-27(26)34-19-18-32-17-16-31-15-14-30-2/h20-21H,3-19H2,1-2H3. The van der Waals surface area contributed by atoms with Crippen molar-refractivity contribution in [2.45, 2.75) is 71.1 Å². The normalized spacial score (nSPS) is 10.6. The topological polar surface area (TPSA) is 93.7 Å². The monoisotopic (exact) mass is 474 g/mol. The molecule has 0 spiro atoms. The van der Waals surface area contributed by atoms with Gasteiger partial charge in [-0.15, -0.1) is 0 Å². The van der Waals surface area contributed by atoms with Gasteiger partial charge >= 0.3 is 0 Å². The van der Waals surface area contributed by atoms with Crippen LogP contribution in [0.3, 0.4) is 0 Å². The Morgan fingerprint density at radius 1 is 0.588 bits per heavy atom. The van der Waals surface area contributed by atoms with Crippen molar-refractivity contribution >= 4 is 0 Å². The van der Waals surface area contributed by atoms with Crippen molar-refractivity contribution in [2.24, 2.45) is 0 Å². The van der Waals surface area contributed by atoms with Crippen molar-refractivity contribution in [3.8, 4) is 23.6 Å². The fourth-order valence-corrected chi connectivity index (χ4v) is 3.42. The molecule has 0 saturated carbocycles. The number of hydrogen-bond acceptors (Lipinski definition) is 7. The molecule has 190 valence electrons. The fourth-order valence-electron chi connectivity index (χ4n) is 3.42. The summed E-state index contributed by atoms with van der Waals surface area (Å²) in [6.07, 6.45) is 12.6. The number of nitrogens with zero attached hydrogens (tertiary/aromatic N) is 2. The lowest BCUT2D eigenvalue weighted by Gasteiger charge is -2.14. The van der Waals surface area contributed by atoms with Gasteiger partial charge in [0.1, 0.15) is 18.7 Å². The fraction of sp³-hybridized carbons (Fsp3) is 0.704. The van der Waals surface area contributed by atoms with Gasteiger partial charge in [0, 0.05) is 19.2 Å². The molecule has 0 bridgehead atoms. The molecule has 1 aromatic rings. The molecule has 0 aliphatic heterocycles. The Hall–Kier alpha value is -2.32. The first-order valence-corrected chi connectivity index (χ1v) is 12.6. The van der Waals surface area contributed by atoms with E-state index in [2.05, 4.69) is 13.0 Å². The summed E-state index contributed by atoms with van der Waals surface area (Å²) in [5.41, 5.74) is 0.564. The van der Waals surface area contributed by atoms with E-state index in [4.69, 9.17) is 23.7 Å². The Morgan fingerprint density at radius 2 is 1.03 bits per heavy atom. The SMILES string of the molecule is CCCCCCCCCCCCOc1cc(C#N)c(C#N)cc1OCCOCCOCCOC. The number of hydrogen-bond donors (Lipinski definition) is 0. The van der Waals surface area contributed by atoms with Crippen molar-refractivity contribution in [1.82, 2.24) is 0 Å². The second-order valence-corrected chi connectivity index (χ2v) is 8.16. The predicted octanol–water partition coefficient (Wildman–Crippen LogP) is 5.79. The molecule has 0 atom stereocenters. The number of benzene rings is 1. The number of ether oxygens (including phenoxy) is 5. The number of unbranched alkanes of at least 4 members (excludes halogenated alkanes) is 9. The summed E-state index contributed by atoms with van der Waals surface area (Å²) >= 11 is 0. The molecule has 0 fully saturated rings. The minimum absolute atomic E-state index is 0.274. The maximum Gasteiger partial charge on any atom is 0.162 e. The van der Waals surface area contributed by atoms with Crippen LogP contribution in [0.5, 0.6) is 11.5 Å². The molecule has 0 aliphatic rings. The van der Waals surface area contributed by atoms with Crippen molar-refractivity contribution < 1.29 is 23.7 Å². The number of methoxy groups -OCH3 is 1. The van der Waals surface area contributed by atoms with E-state index < -0.39 is 0 Å². The van der Waals surface area contributed by atoms with Crippen LogP contribution in [-0.4, -0.2) is 53.4 Å². The molecule has 0 unspecified atom stereocenters. The van der Waals surface area contributed by atoms with E-state index in [0.29, 0.717) is 57.7 Å². The van der Waals surface area contributed by atoms with Crippen LogP contribution in [0.25, 0.3) is 0 Å². The van der Waals surface area contributed by atoms with E-state index in [1.165, 1.54) is 51.4 Å². The Labute approximate surface area is 205 Å². The van der Waals surface area contributed by atoms with Crippen molar-refractivity contribution in [2.75, 3.05) is 53.4 Å². The third kappa shape index (κ3) is 14.1. The minimum atomic E-state index is 0.274. The average molecular weight is 475 g/mol. The number of rotatable bonds is 22. The smallest absolute Gasteiger partial charge is 0.162 e. The second kappa shape index (κ2) is 21.2. The van der Waals surface area contributed by atoms with Crippen LogP contribution in [0.1, 0.15) is 82.3 Å². The van der Waals surface area contributed by atoms with E-state index in [1.54, 1.807) is 19.2 Å². The summed E-state index contributed by atoms with van der Waals surface area (Å²) in [4.78, 5) is 0. The summed E-state index contributed by atoms with van der Waals surface area (Å²) in [5.74, 6) is 0.956. The van der Waals surface area contributed by atoms with Crippen LogP contribution in [0.2, 0.25) is 0 Å². The average Bonchev–Trinajstić information content (AvgIpc) is 2.86. The molecule has 0 aromatic heterocycles. The first-order valence-electron chi connectivity index (χ1n) is 12.6. The quantitative estimate of drug-likeness (QED) is 0.196. The van der Waals surface area contributed by atoms with Gasteiger partial charge in [0.15, 0.2) is 11.5 Å². The first-order chi connectivity index (χ1) is 16.8. The summed E-state index contributed by atoms with van der Waals surface area (Å²) in [7, 11) is 1.63. The predicted molar refractivity (Wildman–Crippen MR) is 132 cm³/mol. The highest BCUT2D eigenvalue weighted by atomic mass is 16.6. The molecule has 7 heteroatoms. The lowest BCUT2D eigenvalue weighted by molar-refractivity contribution is 0.0177. The zero-order valence-electron chi connectivity index (χ0n) is 21.1. The summed E-state index contributed by atoms with van der Waals surface area (Å²) in [5, 5.41) is 18.7. The summed E-state index contributed by atoms with van der Waals surface area (Å²) in [6, 6.07) is 7.26. The zero-order valence-corrected chi connectivity index (χ0v) is 21.1. The maximum absolute atomic E-state index is 9.34. The van der Waals surface area contributed by atoms with E-state index in [1.807, 2.05) is 6.07 Å². The van der Waals surface area contributed by atoms with Gasteiger partial charge in [-0.2, -0.15) is 10.5 Å². The Balaban J connectivity index is 2.35. The summed E-state index contributed by atoms with van der Waals surface area (Å²) < 4.78 is 27.5. The maximum atomic E-state index is 9.34. The molecular weight excluding hydrogens is 432 g/mol. The van der Waals surface area contributed by atoms with Crippen molar-refractivity contribution in [3.05, 3.63) is 23.3 Å². The number of nitriles is 2. The largest absolute Gasteiger partial charge is 0.490 e. The molecular formula is C27H42N2O5. The van der Waals surface area contributed by atoms with Crippen molar-refractivity contribution in [3.63, 3.8) is 0 Å². The lowest BCUT2D eigenvalue weighted by atomic mass is 10.1. The van der Waals surface area contributed by atoms with Crippen LogP contribution >= 0.6 is 0 Å². The third-order valence-corrected chi connectivity index (χ3v) is 5.37. The molecule has 34 heavy (non-hydrogen) atoms. The van der Waals surface area contributed by atoms with E-state index >= 15 is 0 Å². The van der Waals surface area contributed by atoms with E-state index in [0.717, 1.165) is 12.8 Å². The molecule has 7 nitrogen and oxygen atoms in total. The summed E-state index contributed by atoms with van der Waals surface area (Å²) in [6.45, 7) is 5.55. The highest BCUT2D eigenvalue weighted by molar-refractivity contribution is 5.56. The van der Waals surface area contributed by atoms with E-state index in [9.17, 15) is 10.5 Å². The Morgan fingerprint density at radius 3 is 1.53 bits per heavy atom. The highest BCUT2D eigenvalue weighted by Gasteiger charge is 2.12. The Bertz CT molecular complexity index is 727. The van der Waals surface area contributed by atoms with Gasteiger partial charge in [0.2, 0.25) is 0 Å². The second-order valence-electron chi connectivity index (χ2n) is 8.16. The van der Waals surface area contributed by atoms with Gasteiger partial charge in [0.25, 0.3) is 0 Å². The molecule has 0 heterocycles.